The number of hydrogen-bond acceptors (Lipinski definition) is 2. The molecule has 0 amide bonds. The van der Waals surface area contributed by atoms with E-state index in [-0.39, 0.29) is 11.1 Å². The summed E-state index contributed by atoms with van der Waals surface area (Å²) in [5, 5.41) is 0. The van der Waals surface area contributed by atoms with E-state index in [1.807, 2.05) is 6.33 Å². The van der Waals surface area contributed by atoms with Gasteiger partial charge in [0.05, 0.1) is 28.8 Å². The third-order valence-electron chi connectivity index (χ3n) is 5.71. The molecule has 1 aromatic heterocycles. The minimum atomic E-state index is -0.0386. The van der Waals surface area contributed by atoms with Crippen molar-refractivity contribution in [1.82, 2.24) is 14.5 Å². The Hall–Kier alpha value is -1.61. The lowest BCUT2D eigenvalue weighted by molar-refractivity contribution is 0.0824. The molecular weight excluding hydrogens is 246 g/mol. The van der Waals surface area contributed by atoms with Gasteiger partial charge < -0.3 is 4.57 Å². The molecule has 2 bridgehead atoms. The van der Waals surface area contributed by atoms with E-state index < -0.39 is 0 Å². The average molecular weight is 265 g/mol. The van der Waals surface area contributed by atoms with E-state index in [0.717, 1.165) is 0 Å². The van der Waals surface area contributed by atoms with E-state index in [0.29, 0.717) is 6.04 Å². The van der Waals surface area contributed by atoms with E-state index in [2.05, 4.69) is 54.6 Å². The molecule has 3 nitrogen and oxygen atoms in total. The average Bonchev–Trinajstić information content (AvgIpc) is 3.09. The number of benzene rings is 1. The van der Waals surface area contributed by atoms with Crippen molar-refractivity contribution in [2.45, 2.75) is 43.8 Å². The van der Waals surface area contributed by atoms with Gasteiger partial charge in [-0.25, -0.2) is 4.98 Å². The highest BCUT2D eigenvalue weighted by Gasteiger charge is 2.67. The highest BCUT2D eigenvalue weighted by atomic mass is 15.4. The first-order valence-electron chi connectivity index (χ1n) is 7.51. The first kappa shape index (κ1) is 11.1. The van der Waals surface area contributed by atoms with Gasteiger partial charge in [-0.05, 0) is 37.8 Å². The van der Waals surface area contributed by atoms with Gasteiger partial charge in [0.1, 0.15) is 0 Å². The Morgan fingerprint density at radius 3 is 2.40 bits per heavy atom. The zero-order valence-electron chi connectivity index (χ0n) is 12.2. The molecular formula is C17H19N3. The summed E-state index contributed by atoms with van der Waals surface area (Å²) in [7, 11) is 2.13. The van der Waals surface area contributed by atoms with Crippen molar-refractivity contribution in [1.29, 1.82) is 0 Å². The predicted octanol–water partition coefficient (Wildman–Crippen LogP) is 2.74. The standard InChI is InChI=1S/C17H19N3/c1-16-12-6-4-5-7-13(12)17(2,20(16)11-8-9-11)15-14(16)18-10-19(15)3/h4-7,10-11H,8-9H2,1-3H3. The van der Waals surface area contributed by atoms with Crippen LogP contribution in [0.15, 0.2) is 30.6 Å². The normalized spacial score (nSPS) is 34.4. The molecule has 2 aliphatic heterocycles. The van der Waals surface area contributed by atoms with Crippen molar-refractivity contribution < 1.29 is 0 Å². The summed E-state index contributed by atoms with van der Waals surface area (Å²) in [5.41, 5.74) is 5.56. The first-order valence-corrected chi connectivity index (χ1v) is 7.51. The summed E-state index contributed by atoms with van der Waals surface area (Å²) < 4.78 is 2.23. The number of aryl methyl sites for hydroxylation is 1. The molecule has 2 aromatic rings. The number of aromatic nitrogens is 2. The lowest BCUT2D eigenvalue weighted by Gasteiger charge is -2.36. The third kappa shape index (κ3) is 0.908. The van der Waals surface area contributed by atoms with Gasteiger partial charge in [-0.3, -0.25) is 4.90 Å². The SMILES string of the molecule is Cn1cnc2c1C1(C)c3ccccc3C2(C)N1C1CC1. The minimum Gasteiger partial charge on any atom is -0.335 e. The number of hydrogen-bond donors (Lipinski definition) is 0. The maximum absolute atomic E-state index is 4.78. The van der Waals surface area contributed by atoms with Crippen LogP contribution < -0.4 is 0 Å². The first-order chi connectivity index (χ1) is 9.59. The molecule has 2 unspecified atom stereocenters. The van der Waals surface area contributed by atoms with Gasteiger partial charge >= 0.3 is 0 Å². The molecule has 5 rings (SSSR count). The molecule has 1 aliphatic carbocycles. The third-order valence-corrected chi connectivity index (χ3v) is 5.71. The van der Waals surface area contributed by atoms with Gasteiger partial charge in [0.15, 0.2) is 0 Å². The molecule has 20 heavy (non-hydrogen) atoms. The Balaban J connectivity index is 1.92. The molecule has 1 aromatic carbocycles. The van der Waals surface area contributed by atoms with Crippen molar-refractivity contribution in [2.75, 3.05) is 0 Å². The smallest absolute Gasteiger partial charge is 0.0950 e. The maximum Gasteiger partial charge on any atom is 0.0950 e. The number of rotatable bonds is 1. The van der Waals surface area contributed by atoms with Gasteiger partial charge in [-0.2, -0.15) is 0 Å². The molecule has 2 atom stereocenters. The quantitative estimate of drug-likeness (QED) is 0.790. The van der Waals surface area contributed by atoms with E-state index in [4.69, 9.17) is 4.98 Å². The lowest BCUT2D eigenvalue weighted by atomic mass is 9.79. The Bertz CT molecular complexity index is 742. The molecule has 0 spiro atoms. The van der Waals surface area contributed by atoms with E-state index in [9.17, 15) is 0 Å². The molecule has 3 aliphatic rings. The fraction of sp³-hybridized carbons (Fsp3) is 0.471. The lowest BCUT2D eigenvalue weighted by Crippen LogP contribution is -2.45. The van der Waals surface area contributed by atoms with Gasteiger partial charge in [0, 0.05) is 13.1 Å². The molecule has 0 saturated heterocycles. The van der Waals surface area contributed by atoms with E-state index in [1.165, 1.54) is 35.4 Å². The number of fused-ring (bicyclic) bond motifs is 8. The van der Waals surface area contributed by atoms with Crippen LogP contribution in [0.5, 0.6) is 0 Å². The molecule has 0 radical (unpaired) electrons. The second kappa shape index (κ2) is 3.01. The van der Waals surface area contributed by atoms with Crippen LogP contribution in [0.4, 0.5) is 0 Å². The largest absolute Gasteiger partial charge is 0.335 e. The van der Waals surface area contributed by atoms with Crippen molar-refractivity contribution in [3.05, 3.63) is 53.1 Å². The second-order valence-corrected chi connectivity index (χ2v) is 6.84. The minimum absolute atomic E-state index is 0.00685. The summed E-state index contributed by atoms with van der Waals surface area (Å²) in [6.45, 7) is 4.76. The number of nitrogens with zero attached hydrogens (tertiary/aromatic N) is 3. The van der Waals surface area contributed by atoms with Crippen molar-refractivity contribution in [2.24, 2.45) is 7.05 Å². The van der Waals surface area contributed by atoms with E-state index in [1.54, 1.807) is 0 Å². The Morgan fingerprint density at radius 1 is 1.10 bits per heavy atom. The Kier molecular flexibility index (Phi) is 1.67. The highest BCUT2D eigenvalue weighted by Crippen LogP contribution is 2.65. The second-order valence-electron chi connectivity index (χ2n) is 6.84. The molecule has 3 heteroatoms. The molecule has 102 valence electrons. The zero-order valence-corrected chi connectivity index (χ0v) is 12.2. The van der Waals surface area contributed by atoms with Gasteiger partial charge in [-0.1, -0.05) is 24.3 Å². The Labute approximate surface area is 119 Å². The summed E-state index contributed by atoms with van der Waals surface area (Å²) in [4.78, 5) is 7.51. The summed E-state index contributed by atoms with van der Waals surface area (Å²) in [6.07, 6.45) is 4.64. The summed E-state index contributed by atoms with van der Waals surface area (Å²) >= 11 is 0. The maximum atomic E-state index is 4.78. The van der Waals surface area contributed by atoms with Crippen LogP contribution >= 0.6 is 0 Å². The Morgan fingerprint density at radius 2 is 1.75 bits per heavy atom. The van der Waals surface area contributed by atoms with Gasteiger partial charge in [0.25, 0.3) is 0 Å². The van der Waals surface area contributed by atoms with Gasteiger partial charge in [0.2, 0.25) is 0 Å². The summed E-state index contributed by atoms with van der Waals surface area (Å²) in [6, 6.07) is 9.67. The van der Waals surface area contributed by atoms with Gasteiger partial charge in [-0.15, -0.1) is 0 Å². The van der Waals surface area contributed by atoms with Crippen LogP contribution in [0.2, 0.25) is 0 Å². The highest BCUT2D eigenvalue weighted by molar-refractivity contribution is 5.61. The van der Waals surface area contributed by atoms with Crippen LogP contribution in [0.25, 0.3) is 0 Å². The van der Waals surface area contributed by atoms with Crippen molar-refractivity contribution >= 4 is 0 Å². The van der Waals surface area contributed by atoms with Crippen LogP contribution in [0, 0.1) is 0 Å². The topological polar surface area (TPSA) is 21.1 Å². The summed E-state index contributed by atoms with van der Waals surface area (Å²) in [5.74, 6) is 0. The van der Waals surface area contributed by atoms with Crippen LogP contribution in [-0.2, 0) is 18.1 Å². The fourth-order valence-electron chi connectivity index (χ4n) is 4.95. The van der Waals surface area contributed by atoms with Crippen LogP contribution in [0.3, 0.4) is 0 Å². The molecule has 1 fully saturated rings. The fourth-order valence-corrected chi connectivity index (χ4v) is 4.95. The number of imidazole rings is 1. The van der Waals surface area contributed by atoms with Crippen molar-refractivity contribution in [3.63, 3.8) is 0 Å². The molecule has 1 saturated carbocycles. The van der Waals surface area contributed by atoms with Crippen LogP contribution in [0.1, 0.15) is 49.2 Å². The van der Waals surface area contributed by atoms with E-state index >= 15 is 0 Å². The molecule has 0 N–H and O–H groups in total. The van der Waals surface area contributed by atoms with Crippen LogP contribution in [-0.4, -0.2) is 20.5 Å². The molecule has 3 heterocycles. The predicted molar refractivity (Wildman–Crippen MR) is 77.4 cm³/mol. The zero-order chi connectivity index (χ0) is 13.7. The monoisotopic (exact) mass is 265 g/mol. The van der Waals surface area contributed by atoms with Crippen molar-refractivity contribution in [3.8, 4) is 0 Å².